The van der Waals surface area contributed by atoms with E-state index in [9.17, 15) is 0 Å². The highest BCUT2D eigenvalue weighted by molar-refractivity contribution is 5.10. The summed E-state index contributed by atoms with van der Waals surface area (Å²) >= 11 is 0. The van der Waals surface area contributed by atoms with Crippen LogP contribution in [0.3, 0.4) is 0 Å². The predicted molar refractivity (Wildman–Crippen MR) is 120 cm³/mol. The van der Waals surface area contributed by atoms with Gasteiger partial charge in [0, 0.05) is 28.6 Å². The molecule has 3 aromatic rings. The van der Waals surface area contributed by atoms with E-state index in [1.165, 1.54) is 6.33 Å². The molecule has 0 bridgehead atoms. The number of aromatic nitrogens is 7. The van der Waals surface area contributed by atoms with E-state index in [1.54, 1.807) is 18.6 Å². The van der Waals surface area contributed by atoms with Gasteiger partial charge in [-0.15, -0.1) is 5.10 Å². The van der Waals surface area contributed by atoms with Crippen molar-refractivity contribution in [3.05, 3.63) is 66.3 Å². The molecule has 3 rings (SSSR count). The molecule has 0 saturated heterocycles. The molecule has 7 heteroatoms. The number of hydrogen-bond donors (Lipinski definition) is 0. The average molecular weight is 410 g/mol. The summed E-state index contributed by atoms with van der Waals surface area (Å²) in [7, 11) is 0. The summed E-state index contributed by atoms with van der Waals surface area (Å²) in [4.78, 5) is 3.88. The van der Waals surface area contributed by atoms with Gasteiger partial charge in [-0.3, -0.25) is 0 Å². The van der Waals surface area contributed by atoms with Crippen LogP contribution in [0.1, 0.15) is 79.4 Å². The lowest BCUT2D eigenvalue weighted by atomic mass is 9.92. The van der Waals surface area contributed by atoms with Crippen LogP contribution in [0.5, 0.6) is 0 Å². The molecular weight excluding hydrogens is 374 g/mol. The van der Waals surface area contributed by atoms with Crippen molar-refractivity contribution in [1.82, 2.24) is 35.6 Å². The van der Waals surface area contributed by atoms with Crippen molar-refractivity contribution in [3.8, 4) is 0 Å². The van der Waals surface area contributed by atoms with Gasteiger partial charge in [-0.1, -0.05) is 62.3 Å². The third-order valence-corrected chi connectivity index (χ3v) is 3.93. The first-order chi connectivity index (χ1) is 13.8. The van der Waals surface area contributed by atoms with Crippen LogP contribution in [0, 0.1) is 0 Å². The molecule has 0 spiro atoms. The van der Waals surface area contributed by atoms with Crippen molar-refractivity contribution in [1.29, 1.82) is 0 Å². The molecule has 0 fully saturated rings. The summed E-state index contributed by atoms with van der Waals surface area (Å²) in [6.45, 7) is 19.0. The first-order valence-electron chi connectivity index (χ1n) is 10.0. The fraction of sp³-hybridized carbons (Fsp3) is 0.522. The van der Waals surface area contributed by atoms with Crippen molar-refractivity contribution in [2.24, 2.45) is 0 Å². The Morgan fingerprint density at radius 1 is 0.533 bits per heavy atom. The quantitative estimate of drug-likeness (QED) is 0.530. The van der Waals surface area contributed by atoms with Gasteiger partial charge in [0.25, 0.3) is 0 Å². The molecule has 0 aromatic carbocycles. The highest BCUT2D eigenvalue weighted by Gasteiger charge is 2.15. The second-order valence-electron chi connectivity index (χ2n) is 9.96. The molecule has 0 aliphatic rings. The number of nitrogens with zero attached hydrogens (tertiary/aromatic N) is 7. The van der Waals surface area contributed by atoms with Gasteiger partial charge in [0.1, 0.15) is 6.33 Å². The van der Waals surface area contributed by atoms with Gasteiger partial charge in [0.15, 0.2) is 0 Å². The summed E-state index contributed by atoms with van der Waals surface area (Å²) in [5.41, 5.74) is 3.30. The highest BCUT2D eigenvalue weighted by Crippen LogP contribution is 2.18. The van der Waals surface area contributed by atoms with Gasteiger partial charge in [-0.05, 0) is 24.3 Å². The van der Waals surface area contributed by atoms with E-state index in [0.717, 1.165) is 17.1 Å². The second-order valence-corrected chi connectivity index (χ2v) is 9.96. The predicted octanol–water partition coefficient (Wildman–Crippen LogP) is 4.72. The third-order valence-electron chi connectivity index (χ3n) is 3.93. The van der Waals surface area contributed by atoms with Crippen LogP contribution in [0.25, 0.3) is 0 Å². The molecule has 0 atom stereocenters. The van der Waals surface area contributed by atoms with E-state index in [2.05, 4.69) is 97.9 Å². The first-order valence-corrected chi connectivity index (χ1v) is 10.0. The first kappa shape index (κ1) is 25.2. The Labute approximate surface area is 180 Å². The van der Waals surface area contributed by atoms with Crippen LogP contribution >= 0.6 is 0 Å². The van der Waals surface area contributed by atoms with Gasteiger partial charge >= 0.3 is 0 Å². The topological polar surface area (TPSA) is 90.2 Å². The molecule has 0 aliphatic heterocycles. The Morgan fingerprint density at radius 2 is 0.933 bits per heavy atom. The van der Waals surface area contributed by atoms with Crippen LogP contribution < -0.4 is 0 Å². The van der Waals surface area contributed by atoms with Crippen molar-refractivity contribution < 1.29 is 0 Å². The standard InChI is InChI=1S/2C8H12N2.C7H11N3/c2*1-8(2,3)7-5-4-6-9-10-7;1-7(2,3)6-4-8-5-9-10-6/h2*4-6H,1-3H3;4-5H,1-3H3. The Kier molecular flexibility index (Phi) is 9.08. The Hall–Kier alpha value is -2.83. The van der Waals surface area contributed by atoms with Crippen molar-refractivity contribution >= 4 is 0 Å². The molecule has 3 aromatic heterocycles. The summed E-state index contributed by atoms with van der Waals surface area (Å²) < 4.78 is 0. The van der Waals surface area contributed by atoms with Gasteiger partial charge in [-0.2, -0.15) is 25.5 Å². The smallest absolute Gasteiger partial charge is 0.138 e. The second kappa shape index (κ2) is 10.8. The summed E-state index contributed by atoms with van der Waals surface area (Å²) in [6, 6.07) is 7.81. The fourth-order valence-electron chi connectivity index (χ4n) is 1.99. The SMILES string of the molecule is CC(C)(C)c1cccnn1.CC(C)(C)c1cccnn1.CC(C)(C)c1cncnn1. The van der Waals surface area contributed by atoms with E-state index in [-0.39, 0.29) is 16.2 Å². The van der Waals surface area contributed by atoms with E-state index in [0.29, 0.717) is 0 Å². The maximum atomic E-state index is 4.00. The molecule has 0 aliphatic carbocycles. The fourth-order valence-corrected chi connectivity index (χ4v) is 1.99. The monoisotopic (exact) mass is 409 g/mol. The summed E-state index contributed by atoms with van der Waals surface area (Å²) in [5, 5.41) is 23.2. The van der Waals surface area contributed by atoms with Crippen molar-refractivity contribution in [2.75, 3.05) is 0 Å². The van der Waals surface area contributed by atoms with Crippen molar-refractivity contribution in [3.63, 3.8) is 0 Å². The van der Waals surface area contributed by atoms with E-state index < -0.39 is 0 Å². The molecular formula is C23H35N7. The van der Waals surface area contributed by atoms with Gasteiger partial charge in [0.05, 0.1) is 23.3 Å². The molecule has 3 heterocycles. The average Bonchev–Trinajstić information content (AvgIpc) is 2.69. The molecule has 0 amide bonds. The lowest BCUT2D eigenvalue weighted by Crippen LogP contribution is -2.14. The van der Waals surface area contributed by atoms with Crippen LogP contribution in [-0.4, -0.2) is 35.6 Å². The zero-order valence-electron chi connectivity index (χ0n) is 19.7. The molecule has 0 unspecified atom stereocenters. The van der Waals surface area contributed by atoms with E-state index >= 15 is 0 Å². The molecule has 0 N–H and O–H groups in total. The molecule has 30 heavy (non-hydrogen) atoms. The van der Waals surface area contributed by atoms with Gasteiger partial charge in [-0.25, -0.2) is 4.98 Å². The summed E-state index contributed by atoms with van der Waals surface area (Å²) in [5.74, 6) is 0. The third kappa shape index (κ3) is 9.58. The zero-order valence-corrected chi connectivity index (χ0v) is 19.7. The Balaban J connectivity index is 0.000000225. The van der Waals surface area contributed by atoms with Crippen LogP contribution in [0.15, 0.2) is 49.2 Å². The molecule has 162 valence electrons. The largest absolute Gasteiger partial charge is 0.241 e. The molecule has 0 radical (unpaired) electrons. The minimum atomic E-state index is 0.0568. The van der Waals surface area contributed by atoms with Crippen LogP contribution in [-0.2, 0) is 16.2 Å². The number of hydrogen-bond acceptors (Lipinski definition) is 7. The Bertz CT molecular complexity index is 714. The maximum absolute atomic E-state index is 4.00. The van der Waals surface area contributed by atoms with Crippen LogP contribution in [0.2, 0.25) is 0 Å². The Morgan fingerprint density at radius 3 is 1.13 bits per heavy atom. The lowest BCUT2D eigenvalue weighted by molar-refractivity contribution is 0.553. The van der Waals surface area contributed by atoms with Crippen molar-refractivity contribution in [2.45, 2.75) is 78.6 Å². The van der Waals surface area contributed by atoms with E-state index in [1.807, 2.05) is 24.3 Å². The van der Waals surface area contributed by atoms with Crippen LogP contribution in [0.4, 0.5) is 0 Å². The maximum Gasteiger partial charge on any atom is 0.138 e. The normalized spacial score (nSPS) is 11.5. The lowest BCUT2D eigenvalue weighted by Gasteiger charge is -2.15. The van der Waals surface area contributed by atoms with E-state index in [4.69, 9.17) is 0 Å². The van der Waals surface area contributed by atoms with Gasteiger partial charge < -0.3 is 0 Å². The molecule has 0 saturated carbocycles. The molecule has 7 nitrogen and oxygen atoms in total. The number of rotatable bonds is 0. The van der Waals surface area contributed by atoms with Gasteiger partial charge in [0.2, 0.25) is 0 Å². The summed E-state index contributed by atoms with van der Waals surface area (Å²) in [6.07, 6.45) is 6.56. The minimum Gasteiger partial charge on any atom is -0.241 e. The highest BCUT2D eigenvalue weighted by atomic mass is 15.1. The zero-order chi connectivity index (χ0) is 22.8. The minimum absolute atomic E-state index is 0.0568.